The third kappa shape index (κ3) is 4.20. The smallest absolute Gasteiger partial charge is 0.130 e. The average Bonchev–Trinajstić information content (AvgIpc) is 3.56. The molecule has 2 heteroatoms. The molecule has 0 saturated heterocycles. The molecule has 0 saturated carbocycles. The molecule has 2 aliphatic rings. The molecule has 1 aromatic heterocycles. The first-order valence-corrected chi connectivity index (χ1v) is 16.5. The monoisotopic (exact) mass is 492 g/mol. The van der Waals surface area contributed by atoms with Gasteiger partial charge >= 0.3 is 0 Å². The van der Waals surface area contributed by atoms with E-state index < -0.39 is 8.07 Å². The molecule has 186 valence electrons. The zero-order chi connectivity index (χ0) is 25.8. The highest BCUT2D eigenvalue weighted by molar-refractivity contribution is 6.83. The van der Waals surface area contributed by atoms with Gasteiger partial charge in [-0.15, -0.1) is 0 Å². The summed E-state index contributed by atoms with van der Waals surface area (Å²) in [4.78, 5) is 0. The summed E-state index contributed by atoms with van der Waals surface area (Å²) >= 11 is 0. The zero-order valence-corrected chi connectivity index (χ0v) is 24.1. The van der Waals surface area contributed by atoms with Gasteiger partial charge in [-0.2, -0.15) is 0 Å². The molecule has 0 amide bonds. The predicted octanol–water partition coefficient (Wildman–Crippen LogP) is 10.3. The summed E-state index contributed by atoms with van der Waals surface area (Å²) in [6.07, 6.45) is 9.29. The van der Waals surface area contributed by atoms with Gasteiger partial charge in [0.25, 0.3) is 0 Å². The summed E-state index contributed by atoms with van der Waals surface area (Å²) in [5.41, 5.74) is 12.2. The number of hydrogen-bond donors (Lipinski definition) is 0. The Bertz CT molecular complexity index is 1360. The molecule has 2 aliphatic carbocycles. The summed E-state index contributed by atoms with van der Waals surface area (Å²) in [6, 6.07) is 20.2. The molecule has 0 aliphatic heterocycles. The quantitative estimate of drug-likeness (QED) is 0.323. The van der Waals surface area contributed by atoms with Gasteiger partial charge in [0.05, 0.1) is 14.3 Å². The first kappa shape index (κ1) is 24.8. The third-order valence-corrected chi connectivity index (χ3v) is 12.7. The van der Waals surface area contributed by atoms with E-state index in [4.69, 9.17) is 4.42 Å². The van der Waals surface area contributed by atoms with Gasteiger partial charge in [-0.25, -0.2) is 0 Å². The molecule has 0 N–H and O–H groups in total. The maximum absolute atomic E-state index is 6.05. The zero-order valence-electron chi connectivity index (χ0n) is 23.1. The van der Waals surface area contributed by atoms with E-state index in [9.17, 15) is 0 Å². The molecule has 5 rings (SSSR count). The molecular weight excluding hydrogens is 452 g/mol. The molecule has 3 aromatic rings. The minimum atomic E-state index is -1.91. The van der Waals surface area contributed by atoms with E-state index >= 15 is 0 Å². The van der Waals surface area contributed by atoms with Gasteiger partial charge in [-0.05, 0) is 75.4 Å². The topological polar surface area (TPSA) is 13.1 Å². The van der Waals surface area contributed by atoms with Crippen LogP contribution in [0.15, 0.2) is 88.6 Å². The molecule has 1 nitrogen and oxygen atoms in total. The van der Waals surface area contributed by atoms with E-state index in [-0.39, 0.29) is 5.41 Å². The van der Waals surface area contributed by atoms with E-state index in [1.807, 2.05) is 12.3 Å². The Balaban J connectivity index is 1.65. The number of fused-ring (bicyclic) bond motifs is 1. The molecule has 0 bridgehead atoms. The summed E-state index contributed by atoms with van der Waals surface area (Å²) in [6.45, 7) is 19.0. The standard InChI is InChI=1S/C34H40OSi/c1-22(2)24-14-16-25(17-15-24)27-11-9-12-28-29(27)21-30(31-13-10-18-35-31)33(28)36(7,8)32-20-26(19-23(32)3)34(4,5)6/h9-22,32-33H,1-8H3. The number of benzene rings is 2. The van der Waals surface area contributed by atoms with Crippen molar-refractivity contribution >= 4 is 19.7 Å². The second-order valence-corrected chi connectivity index (χ2v) is 17.5. The Hall–Kier alpha value is -2.84. The summed E-state index contributed by atoms with van der Waals surface area (Å²) < 4.78 is 6.05. The fourth-order valence-corrected chi connectivity index (χ4v) is 10.6. The summed E-state index contributed by atoms with van der Waals surface area (Å²) in [5, 5.41) is 0. The molecule has 0 spiro atoms. The molecular formula is C34H40OSi. The molecule has 2 unspecified atom stereocenters. The minimum absolute atomic E-state index is 0.170. The van der Waals surface area contributed by atoms with Crippen molar-refractivity contribution in [3.8, 4) is 11.1 Å². The second kappa shape index (κ2) is 8.92. The maximum atomic E-state index is 6.05. The van der Waals surface area contributed by atoms with Crippen LogP contribution in [0.5, 0.6) is 0 Å². The van der Waals surface area contributed by atoms with Crippen LogP contribution >= 0.6 is 0 Å². The Kier molecular flexibility index (Phi) is 6.15. The first-order valence-electron chi connectivity index (χ1n) is 13.4. The van der Waals surface area contributed by atoms with Crippen LogP contribution in [0.4, 0.5) is 0 Å². The summed E-state index contributed by atoms with van der Waals surface area (Å²) in [7, 11) is -1.91. The Morgan fingerprint density at radius 1 is 0.889 bits per heavy atom. The highest BCUT2D eigenvalue weighted by atomic mass is 28.3. The fourth-order valence-electron chi connectivity index (χ4n) is 6.30. The molecule has 0 radical (unpaired) electrons. The highest BCUT2D eigenvalue weighted by Crippen LogP contribution is 2.55. The average molecular weight is 493 g/mol. The van der Waals surface area contributed by atoms with Crippen molar-refractivity contribution in [1.82, 2.24) is 0 Å². The van der Waals surface area contributed by atoms with Crippen LogP contribution in [0, 0.1) is 5.41 Å². The van der Waals surface area contributed by atoms with Crippen LogP contribution in [0.2, 0.25) is 18.6 Å². The van der Waals surface area contributed by atoms with Gasteiger partial charge in [0, 0.05) is 11.1 Å². The van der Waals surface area contributed by atoms with Crippen molar-refractivity contribution in [3.05, 3.63) is 107 Å². The molecule has 2 aromatic carbocycles. The first-order chi connectivity index (χ1) is 17.0. The molecule has 36 heavy (non-hydrogen) atoms. The lowest BCUT2D eigenvalue weighted by Crippen LogP contribution is -2.39. The number of hydrogen-bond acceptors (Lipinski definition) is 1. The van der Waals surface area contributed by atoms with Crippen LogP contribution in [0.1, 0.15) is 75.5 Å². The minimum Gasteiger partial charge on any atom is -0.465 e. The van der Waals surface area contributed by atoms with Gasteiger partial charge in [0.1, 0.15) is 5.76 Å². The van der Waals surface area contributed by atoms with Crippen molar-refractivity contribution in [3.63, 3.8) is 0 Å². The van der Waals surface area contributed by atoms with Crippen LogP contribution in [0.3, 0.4) is 0 Å². The van der Waals surface area contributed by atoms with E-state index in [1.165, 1.54) is 44.5 Å². The number of furan rings is 1. The summed E-state index contributed by atoms with van der Waals surface area (Å²) in [5.74, 6) is 1.55. The van der Waals surface area contributed by atoms with Gasteiger partial charge in [0.2, 0.25) is 0 Å². The lowest BCUT2D eigenvalue weighted by atomic mass is 9.87. The fraction of sp³-hybridized carbons (Fsp3) is 0.353. The highest BCUT2D eigenvalue weighted by Gasteiger charge is 2.47. The molecule has 0 fully saturated rings. The lowest BCUT2D eigenvalue weighted by molar-refractivity contribution is 0.517. The van der Waals surface area contributed by atoms with E-state index in [0.717, 1.165) is 5.76 Å². The molecule has 2 atom stereocenters. The van der Waals surface area contributed by atoms with E-state index in [1.54, 1.807) is 0 Å². The normalized spacial score (nSPS) is 19.9. The third-order valence-electron chi connectivity index (χ3n) is 8.39. The maximum Gasteiger partial charge on any atom is 0.130 e. The van der Waals surface area contributed by atoms with Gasteiger partial charge < -0.3 is 4.42 Å². The van der Waals surface area contributed by atoms with Crippen molar-refractivity contribution in [1.29, 1.82) is 0 Å². The number of rotatable bonds is 5. The second-order valence-electron chi connectivity index (χ2n) is 12.7. The van der Waals surface area contributed by atoms with Crippen molar-refractivity contribution in [2.24, 2.45) is 5.41 Å². The predicted molar refractivity (Wildman–Crippen MR) is 158 cm³/mol. The van der Waals surface area contributed by atoms with Crippen molar-refractivity contribution in [2.45, 2.75) is 71.6 Å². The largest absolute Gasteiger partial charge is 0.465 e. The molecule has 1 heterocycles. The Morgan fingerprint density at radius 3 is 2.19 bits per heavy atom. The van der Waals surface area contributed by atoms with E-state index in [0.29, 0.717) is 17.0 Å². The lowest BCUT2D eigenvalue weighted by Gasteiger charge is -2.38. The van der Waals surface area contributed by atoms with Crippen molar-refractivity contribution in [2.75, 3.05) is 0 Å². The van der Waals surface area contributed by atoms with Gasteiger partial charge in [0.15, 0.2) is 0 Å². The van der Waals surface area contributed by atoms with Crippen LogP contribution in [0.25, 0.3) is 22.8 Å². The number of allylic oxidation sites excluding steroid dienone is 5. The Labute approximate surface area is 218 Å². The Morgan fingerprint density at radius 2 is 1.61 bits per heavy atom. The van der Waals surface area contributed by atoms with Crippen molar-refractivity contribution < 1.29 is 4.42 Å². The SMILES string of the molecule is CC1=CC(C(C)(C)C)=CC1[Si](C)(C)C1C(c2ccco2)=Cc2c(-c3ccc(C(C)C)cc3)cccc21. The van der Waals surface area contributed by atoms with Crippen LogP contribution < -0.4 is 0 Å². The van der Waals surface area contributed by atoms with Crippen LogP contribution in [-0.4, -0.2) is 8.07 Å². The van der Waals surface area contributed by atoms with Crippen LogP contribution in [-0.2, 0) is 0 Å². The van der Waals surface area contributed by atoms with Gasteiger partial charge in [-0.3, -0.25) is 0 Å². The van der Waals surface area contributed by atoms with Gasteiger partial charge in [-0.1, -0.05) is 108 Å². The van der Waals surface area contributed by atoms with E-state index in [2.05, 4.69) is 121 Å².